The van der Waals surface area contributed by atoms with Gasteiger partial charge in [-0.1, -0.05) is 52.0 Å². The number of benzene rings is 1. The lowest BCUT2D eigenvalue weighted by atomic mass is 9.85. The van der Waals surface area contributed by atoms with Crippen molar-refractivity contribution < 1.29 is 0 Å². The van der Waals surface area contributed by atoms with E-state index in [1.165, 1.54) is 29.7 Å². The lowest BCUT2D eigenvalue weighted by Gasteiger charge is -2.41. The van der Waals surface area contributed by atoms with E-state index < -0.39 is 0 Å². The summed E-state index contributed by atoms with van der Waals surface area (Å²) in [6.45, 7) is 17.0. The van der Waals surface area contributed by atoms with Gasteiger partial charge in [-0.25, -0.2) is 0 Å². The maximum Gasteiger partial charge on any atom is 0.0446 e. The van der Waals surface area contributed by atoms with Crippen molar-refractivity contribution in [1.29, 1.82) is 0 Å². The van der Waals surface area contributed by atoms with E-state index in [1.54, 1.807) is 0 Å². The van der Waals surface area contributed by atoms with E-state index >= 15 is 0 Å². The van der Waals surface area contributed by atoms with Crippen molar-refractivity contribution in [1.82, 2.24) is 0 Å². The highest BCUT2D eigenvalue weighted by atomic mass is 15.2. The van der Waals surface area contributed by atoms with E-state index in [0.29, 0.717) is 12.0 Å². The number of fused-ring (bicyclic) bond motifs is 1. The molecule has 0 amide bonds. The smallest absolute Gasteiger partial charge is 0.0446 e. The largest absolute Gasteiger partial charge is 0.343 e. The molecule has 1 heterocycles. The van der Waals surface area contributed by atoms with Gasteiger partial charge >= 0.3 is 0 Å². The normalized spacial score (nSPS) is 21.3. The minimum Gasteiger partial charge on any atom is -0.343 e. The van der Waals surface area contributed by atoms with Crippen LogP contribution in [0.1, 0.15) is 64.5 Å². The first-order valence-corrected chi connectivity index (χ1v) is 7.59. The molecule has 19 heavy (non-hydrogen) atoms. The quantitative estimate of drug-likeness (QED) is 0.663. The van der Waals surface area contributed by atoms with Crippen molar-refractivity contribution in [3.05, 3.63) is 41.6 Å². The Labute approximate surface area is 119 Å². The maximum atomic E-state index is 4.15. The summed E-state index contributed by atoms with van der Waals surface area (Å²) in [6.07, 6.45) is 2.42. The SMILES string of the molecule is C=C(C)N1c2ccc(C)cc2[C@@H](C)C[C@H]1CC.CC. The van der Waals surface area contributed by atoms with Gasteiger partial charge in [0.05, 0.1) is 0 Å². The van der Waals surface area contributed by atoms with Gasteiger partial charge in [-0.3, -0.25) is 0 Å². The van der Waals surface area contributed by atoms with Crippen molar-refractivity contribution in [3.63, 3.8) is 0 Å². The maximum absolute atomic E-state index is 4.15. The van der Waals surface area contributed by atoms with Crippen LogP contribution in [0.4, 0.5) is 5.69 Å². The Balaban J connectivity index is 0.000000861. The van der Waals surface area contributed by atoms with Crippen LogP contribution >= 0.6 is 0 Å². The molecule has 0 fully saturated rings. The molecule has 0 unspecified atom stereocenters. The summed E-state index contributed by atoms with van der Waals surface area (Å²) in [5, 5.41) is 0. The Bertz CT molecular complexity index is 433. The molecule has 0 aliphatic carbocycles. The molecular formula is C18H29N. The van der Waals surface area contributed by atoms with Crippen LogP contribution in [0.5, 0.6) is 0 Å². The Morgan fingerprint density at radius 3 is 2.53 bits per heavy atom. The number of aryl methyl sites for hydroxylation is 1. The molecule has 1 heteroatoms. The Hall–Kier alpha value is -1.24. The average Bonchev–Trinajstić information content (AvgIpc) is 2.40. The molecule has 0 saturated carbocycles. The average molecular weight is 259 g/mol. The van der Waals surface area contributed by atoms with Crippen LogP contribution in [-0.4, -0.2) is 6.04 Å². The fourth-order valence-electron chi connectivity index (χ4n) is 2.99. The fraction of sp³-hybridized carbons (Fsp3) is 0.556. The van der Waals surface area contributed by atoms with Crippen LogP contribution in [0, 0.1) is 6.92 Å². The minimum absolute atomic E-state index is 0.609. The highest BCUT2D eigenvalue weighted by Gasteiger charge is 2.29. The summed E-state index contributed by atoms with van der Waals surface area (Å²) in [5.74, 6) is 0.658. The summed E-state index contributed by atoms with van der Waals surface area (Å²) in [6, 6.07) is 7.41. The van der Waals surface area contributed by atoms with Crippen LogP contribution in [0.2, 0.25) is 0 Å². The zero-order valence-electron chi connectivity index (χ0n) is 13.5. The highest BCUT2D eigenvalue weighted by molar-refractivity contribution is 5.62. The molecule has 0 bridgehead atoms. The second-order valence-corrected chi connectivity index (χ2v) is 5.37. The first-order chi connectivity index (χ1) is 9.04. The molecule has 106 valence electrons. The molecule has 0 spiro atoms. The van der Waals surface area contributed by atoms with Gasteiger partial charge in [0.15, 0.2) is 0 Å². The first-order valence-electron chi connectivity index (χ1n) is 7.59. The summed E-state index contributed by atoms with van der Waals surface area (Å²) < 4.78 is 0. The Morgan fingerprint density at radius 1 is 1.37 bits per heavy atom. The Morgan fingerprint density at radius 2 is 2.00 bits per heavy atom. The highest BCUT2D eigenvalue weighted by Crippen LogP contribution is 2.41. The summed E-state index contributed by atoms with van der Waals surface area (Å²) >= 11 is 0. The zero-order valence-corrected chi connectivity index (χ0v) is 13.5. The number of allylic oxidation sites excluding steroid dienone is 1. The van der Waals surface area contributed by atoms with E-state index in [2.05, 4.69) is 57.4 Å². The predicted octanol–water partition coefficient (Wildman–Crippen LogP) is 5.65. The van der Waals surface area contributed by atoms with Crippen LogP contribution in [0.15, 0.2) is 30.5 Å². The summed E-state index contributed by atoms with van der Waals surface area (Å²) in [5.41, 5.74) is 5.37. The van der Waals surface area contributed by atoms with Crippen molar-refractivity contribution >= 4 is 5.69 Å². The van der Waals surface area contributed by atoms with Crippen molar-refractivity contribution in [2.75, 3.05) is 4.90 Å². The number of hydrogen-bond acceptors (Lipinski definition) is 1. The van der Waals surface area contributed by atoms with Crippen molar-refractivity contribution in [2.24, 2.45) is 0 Å². The fourth-order valence-corrected chi connectivity index (χ4v) is 2.99. The molecule has 1 aliphatic rings. The monoisotopic (exact) mass is 259 g/mol. The van der Waals surface area contributed by atoms with Gasteiger partial charge in [0.25, 0.3) is 0 Å². The standard InChI is InChI=1S/C16H23N.C2H6/c1-6-14-10-13(5)15-9-12(4)7-8-16(15)17(14)11(2)3;1-2/h7-9,13-14H,2,6,10H2,1,3-5H3;1-2H3/t13-,14+;/m0./s1. The summed E-state index contributed by atoms with van der Waals surface area (Å²) in [4.78, 5) is 2.43. The van der Waals surface area contributed by atoms with Gasteiger partial charge < -0.3 is 4.90 Å². The number of anilines is 1. The topological polar surface area (TPSA) is 3.24 Å². The molecule has 2 rings (SSSR count). The second-order valence-electron chi connectivity index (χ2n) is 5.37. The molecule has 1 aromatic carbocycles. The van der Waals surface area contributed by atoms with Gasteiger partial charge in [0.1, 0.15) is 0 Å². The van der Waals surface area contributed by atoms with Gasteiger partial charge in [-0.15, -0.1) is 0 Å². The Kier molecular flexibility index (Phi) is 5.65. The molecule has 0 N–H and O–H groups in total. The van der Waals surface area contributed by atoms with Crippen LogP contribution in [0.3, 0.4) is 0 Å². The van der Waals surface area contributed by atoms with E-state index in [0.717, 1.165) is 5.70 Å². The van der Waals surface area contributed by atoms with E-state index in [4.69, 9.17) is 0 Å². The zero-order chi connectivity index (χ0) is 14.6. The number of nitrogens with zero attached hydrogens (tertiary/aromatic N) is 1. The van der Waals surface area contributed by atoms with Crippen LogP contribution in [-0.2, 0) is 0 Å². The first kappa shape index (κ1) is 15.8. The number of rotatable bonds is 2. The number of hydrogen-bond donors (Lipinski definition) is 0. The van der Waals surface area contributed by atoms with Crippen LogP contribution in [0.25, 0.3) is 0 Å². The minimum atomic E-state index is 0.609. The molecular weight excluding hydrogens is 230 g/mol. The predicted molar refractivity (Wildman–Crippen MR) is 86.9 cm³/mol. The second kappa shape index (κ2) is 6.79. The molecule has 2 atom stereocenters. The van der Waals surface area contributed by atoms with E-state index in [-0.39, 0.29) is 0 Å². The third-order valence-corrected chi connectivity index (χ3v) is 3.85. The van der Waals surface area contributed by atoms with E-state index in [1.807, 2.05) is 13.8 Å². The molecule has 1 aliphatic heterocycles. The lowest BCUT2D eigenvalue weighted by molar-refractivity contribution is 0.493. The summed E-state index contributed by atoms with van der Waals surface area (Å²) in [7, 11) is 0. The van der Waals surface area contributed by atoms with Gasteiger partial charge in [-0.05, 0) is 44.2 Å². The van der Waals surface area contributed by atoms with Gasteiger partial charge in [0, 0.05) is 17.4 Å². The van der Waals surface area contributed by atoms with E-state index in [9.17, 15) is 0 Å². The molecule has 0 aromatic heterocycles. The third-order valence-electron chi connectivity index (χ3n) is 3.85. The molecule has 1 aromatic rings. The molecule has 1 nitrogen and oxygen atoms in total. The molecule has 0 radical (unpaired) electrons. The lowest BCUT2D eigenvalue weighted by Crippen LogP contribution is -2.38. The third kappa shape index (κ3) is 3.20. The van der Waals surface area contributed by atoms with Crippen molar-refractivity contribution in [3.8, 4) is 0 Å². The van der Waals surface area contributed by atoms with Gasteiger partial charge in [0.2, 0.25) is 0 Å². The van der Waals surface area contributed by atoms with Crippen molar-refractivity contribution in [2.45, 2.75) is 66.3 Å². The van der Waals surface area contributed by atoms with Crippen LogP contribution < -0.4 is 4.90 Å². The molecule has 0 saturated heterocycles. The van der Waals surface area contributed by atoms with Gasteiger partial charge in [-0.2, -0.15) is 0 Å².